The van der Waals surface area contributed by atoms with Crippen LogP contribution < -0.4 is 5.32 Å². The average molecular weight is 259 g/mol. The van der Waals surface area contributed by atoms with Crippen molar-refractivity contribution in [3.8, 4) is 12.3 Å². The summed E-state index contributed by atoms with van der Waals surface area (Å²) in [5, 5.41) is 2.80. The molecule has 1 aromatic rings. The highest BCUT2D eigenvalue weighted by atomic mass is 16.5. The van der Waals surface area contributed by atoms with Crippen LogP contribution in [0.5, 0.6) is 0 Å². The second-order valence-electron chi connectivity index (χ2n) is 4.08. The molecular formula is C15H17NO3. The quantitative estimate of drug-likeness (QED) is 0.630. The number of aryl methyl sites for hydroxylation is 1. The van der Waals surface area contributed by atoms with Crippen LogP contribution in [-0.4, -0.2) is 18.5 Å². The van der Waals surface area contributed by atoms with E-state index < -0.39 is 0 Å². The highest BCUT2D eigenvalue weighted by Crippen LogP contribution is 2.13. The van der Waals surface area contributed by atoms with Gasteiger partial charge in [-0.15, -0.1) is 6.42 Å². The standard InChI is InChI=1S/C15H17NO3/c1-3-11-19-15(18)10-6-9-14(17)16-13-8-5-4-7-12(13)2/h1,4-5,7-8H,6,9-11H2,2H3,(H,16,17). The molecule has 0 unspecified atom stereocenters. The first-order chi connectivity index (χ1) is 9.13. The number of anilines is 1. The molecule has 0 bridgehead atoms. The third-order valence-electron chi connectivity index (χ3n) is 2.52. The normalized spacial score (nSPS) is 9.47. The van der Waals surface area contributed by atoms with Crippen molar-refractivity contribution in [1.82, 2.24) is 0 Å². The van der Waals surface area contributed by atoms with E-state index in [1.165, 1.54) is 0 Å². The molecule has 0 heterocycles. The Morgan fingerprint density at radius 2 is 2.05 bits per heavy atom. The number of amides is 1. The van der Waals surface area contributed by atoms with Gasteiger partial charge in [-0.2, -0.15) is 0 Å². The van der Waals surface area contributed by atoms with Crippen molar-refractivity contribution >= 4 is 17.6 Å². The maximum Gasteiger partial charge on any atom is 0.306 e. The van der Waals surface area contributed by atoms with Crippen molar-refractivity contribution in [2.45, 2.75) is 26.2 Å². The van der Waals surface area contributed by atoms with Crippen molar-refractivity contribution < 1.29 is 14.3 Å². The Kier molecular flexibility index (Phi) is 6.17. The lowest BCUT2D eigenvalue weighted by atomic mass is 10.2. The van der Waals surface area contributed by atoms with E-state index in [2.05, 4.69) is 11.2 Å². The molecule has 1 rings (SSSR count). The van der Waals surface area contributed by atoms with Gasteiger partial charge in [0.05, 0.1) is 0 Å². The molecule has 100 valence electrons. The fourth-order valence-corrected chi connectivity index (χ4v) is 1.51. The van der Waals surface area contributed by atoms with Gasteiger partial charge in [-0.3, -0.25) is 9.59 Å². The van der Waals surface area contributed by atoms with E-state index in [9.17, 15) is 9.59 Å². The van der Waals surface area contributed by atoms with Crippen LogP contribution in [0, 0.1) is 19.3 Å². The van der Waals surface area contributed by atoms with Crippen LogP contribution in [0.25, 0.3) is 0 Å². The second-order valence-corrected chi connectivity index (χ2v) is 4.08. The molecule has 0 atom stereocenters. The molecule has 0 aliphatic carbocycles. The van der Waals surface area contributed by atoms with E-state index in [-0.39, 0.29) is 31.3 Å². The molecular weight excluding hydrogens is 242 g/mol. The van der Waals surface area contributed by atoms with Crippen LogP contribution in [0.15, 0.2) is 24.3 Å². The Morgan fingerprint density at radius 1 is 1.32 bits per heavy atom. The maximum absolute atomic E-state index is 11.7. The Labute approximate surface area is 113 Å². The molecule has 0 radical (unpaired) electrons. The minimum Gasteiger partial charge on any atom is -0.452 e. The topological polar surface area (TPSA) is 55.4 Å². The van der Waals surface area contributed by atoms with Crippen molar-refractivity contribution in [2.24, 2.45) is 0 Å². The van der Waals surface area contributed by atoms with E-state index >= 15 is 0 Å². The average Bonchev–Trinajstić information content (AvgIpc) is 2.39. The molecule has 0 saturated heterocycles. The minimum atomic E-state index is -0.373. The molecule has 0 aliphatic rings. The van der Waals surface area contributed by atoms with Gasteiger partial charge in [0, 0.05) is 18.5 Å². The molecule has 0 aliphatic heterocycles. The van der Waals surface area contributed by atoms with Gasteiger partial charge < -0.3 is 10.1 Å². The number of nitrogens with one attached hydrogen (secondary N) is 1. The summed E-state index contributed by atoms with van der Waals surface area (Å²) in [6, 6.07) is 7.54. The number of hydrogen-bond donors (Lipinski definition) is 1. The van der Waals surface area contributed by atoms with Crippen LogP contribution >= 0.6 is 0 Å². The van der Waals surface area contributed by atoms with E-state index in [1.807, 2.05) is 31.2 Å². The molecule has 1 amide bonds. The van der Waals surface area contributed by atoms with Gasteiger partial charge in [0.2, 0.25) is 5.91 Å². The Bertz CT molecular complexity index is 488. The molecule has 0 spiro atoms. The lowest BCUT2D eigenvalue weighted by Gasteiger charge is -2.07. The zero-order chi connectivity index (χ0) is 14.1. The van der Waals surface area contributed by atoms with Gasteiger partial charge >= 0.3 is 5.97 Å². The summed E-state index contributed by atoms with van der Waals surface area (Å²) in [5.74, 6) is 1.73. The lowest BCUT2D eigenvalue weighted by Crippen LogP contribution is -2.13. The Hall–Kier alpha value is -2.28. The van der Waals surface area contributed by atoms with E-state index in [0.717, 1.165) is 11.3 Å². The van der Waals surface area contributed by atoms with Crippen LogP contribution in [0.4, 0.5) is 5.69 Å². The maximum atomic E-state index is 11.7. The number of carbonyl (C=O) groups is 2. The number of para-hydroxylation sites is 1. The predicted octanol–water partition coefficient (Wildman–Crippen LogP) is 2.28. The van der Waals surface area contributed by atoms with Crippen LogP contribution in [0.3, 0.4) is 0 Å². The molecule has 4 nitrogen and oxygen atoms in total. The van der Waals surface area contributed by atoms with Crippen LogP contribution in [-0.2, 0) is 14.3 Å². The van der Waals surface area contributed by atoms with Gasteiger partial charge in [0.1, 0.15) is 0 Å². The Balaban J connectivity index is 2.27. The summed E-state index contributed by atoms with van der Waals surface area (Å²) in [6.45, 7) is 1.90. The number of ether oxygens (including phenoxy) is 1. The van der Waals surface area contributed by atoms with Crippen molar-refractivity contribution in [3.05, 3.63) is 29.8 Å². The van der Waals surface area contributed by atoms with Crippen LogP contribution in [0.1, 0.15) is 24.8 Å². The van der Waals surface area contributed by atoms with Crippen molar-refractivity contribution in [1.29, 1.82) is 0 Å². The van der Waals surface area contributed by atoms with Crippen molar-refractivity contribution in [2.75, 3.05) is 11.9 Å². The van der Waals surface area contributed by atoms with Crippen molar-refractivity contribution in [3.63, 3.8) is 0 Å². The van der Waals surface area contributed by atoms with Gasteiger partial charge in [-0.25, -0.2) is 0 Å². The Morgan fingerprint density at radius 3 is 2.74 bits per heavy atom. The van der Waals surface area contributed by atoms with Gasteiger partial charge in [0.15, 0.2) is 6.61 Å². The number of terminal acetylenes is 1. The SMILES string of the molecule is C#CCOC(=O)CCCC(=O)Nc1ccccc1C. The largest absolute Gasteiger partial charge is 0.452 e. The van der Waals surface area contributed by atoms with Gasteiger partial charge in [-0.1, -0.05) is 24.1 Å². The number of carbonyl (C=O) groups excluding carboxylic acids is 2. The van der Waals surface area contributed by atoms with Gasteiger partial charge in [0.25, 0.3) is 0 Å². The van der Waals surface area contributed by atoms with Crippen LogP contribution in [0.2, 0.25) is 0 Å². The molecule has 0 aromatic heterocycles. The van der Waals surface area contributed by atoms with Gasteiger partial charge in [-0.05, 0) is 25.0 Å². The minimum absolute atomic E-state index is 0.0196. The summed E-state index contributed by atoms with van der Waals surface area (Å²) in [7, 11) is 0. The van der Waals surface area contributed by atoms with E-state index in [4.69, 9.17) is 11.2 Å². The smallest absolute Gasteiger partial charge is 0.306 e. The van der Waals surface area contributed by atoms with E-state index in [0.29, 0.717) is 6.42 Å². The monoisotopic (exact) mass is 259 g/mol. The highest BCUT2D eigenvalue weighted by Gasteiger charge is 2.07. The molecule has 0 fully saturated rings. The first-order valence-electron chi connectivity index (χ1n) is 6.08. The molecule has 1 aromatic carbocycles. The summed E-state index contributed by atoms with van der Waals surface area (Å²) in [5.41, 5.74) is 1.80. The summed E-state index contributed by atoms with van der Waals surface area (Å²) >= 11 is 0. The zero-order valence-electron chi connectivity index (χ0n) is 10.9. The molecule has 1 N–H and O–H groups in total. The number of benzene rings is 1. The summed E-state index contributed by atoms with van der Waals surface area (Å²) in [6.07, 6.45) is 5.88. The zero-order valence-corrected chi connectivity index (χ0v) is 10.9. The highest BCUT2D eigenvalue weighted by molar-refractivity contribution is 5.91. The third-order valence-corrected chi connectivity index (χ3v) is 2.52. The number of hydrogen-bond acceptors (Lipinski definition) is 3. The summed E-state index contributed by atoms with van der Waals surface area (Å²) in [4.78, 5) is 22.8. The first-order valence-corrected chi connectivity index (χ1v) is 6.08. The molecule has 4 heteroatoms. The number of rotatable bonds is 6. The predicted molar refractivity (Wildman–Crippen MR) is 73.5 cm³/mol. The summed E-state index contributed by atoms with van der Waals surface area (Å²) < 4.78 is 4.70. The first kappa shape index (κ1) is 14.8. The molecule has 0 saturated carbocycles. The lowest BCUT2D eigenvalue weighted by molar-refractivity contribution is -0.142. The fraction of sp³-hybridized carbons (Fsp3) is 0.333. The fourth-order valence-electron chi connectivity index (χ4n) is 1.51. The number of esters is 1. The van der Waals surface area contributed by atoms with E-state index in [1.54, 1.807) is 0 Å². The third kappa shape index (κ3) is 5.73. The molecule has 19 heavy (non-hydrogen) atoms. The second kappa shape index (κ2) is 7.93.